The van der Waals surface area contributed by atoms with Gasteiger partial charge in [-0.2, -0.15) is 0 Å². The minimum Gasteiger partial charge on any atom is -0.393 e. The third-order valence-electron chi connectivity index (χ3n) is 3.49. The van der Waals surface area contributed by atoms with Crippen LogP contribution in [0.2, 0.25) is 5.15 Å². The Labute approximate surface area is 113 Å². The molecule has 1 saturated carbocycles. The van der Waals surface area contributed by atoms with E-state index in [2.05, 4.69) is 22.2 Å². The normalized spacial score (nSPS) is 23.1. The summed E-state index contributed by atoms with van der Waals surface area (Å²) in [6, 6.07) is 0. The van der Waals surface area contributed by atoms with E-state index in [9.17, 15) is 5.11 Å². The molecule has 0 radical (unpaired) electrons. The Kier molecular flexibility index (Phi) is 5.03. The maximum absolute atomic E-state index is 9.20. The summed E-state index contributed by atoms with van der Waals surface area (Å²) in [7, 11) is 0. The van der Waals surface area contributed by atoms with Gasteiger partial charge >= 0.3 is 0 Å². The highest BCUT2D eigenvalue weighted by Crippen LogP contribution is 2.26. The number of rotatable bonds is 7. The number of halogens is 1. The van der Waals surface area contributed by atoms with Crippen LogP contribution in [-0.4, -0.2) is 27.7 Å². The lowest BCUT2D eigenvalue weighted by Crippen LogP contribution is -2.35. The Bertz CT molecular complexity index is 374. The molecule has 0 atom stereocenters. The highest BCUT2D eigenvalue weighted by atomic mass is 35.5. The maximum Gasteiger partial charge on any atom is 0.151 e. The molecule has 102 valence electrons. The Morgan fingerprint density at radius 3 is 2.94 bits per heavy atom. The fourth-order valence-electron chi connectivity index (χ4n) is 2.29. The predicted octanol–water partition coefficient (Wildman–Crippen LogP) is 2.27. The first-order valence-corrected chi connectivity index (χ1v) is 7.18. The van der Waals surface area contributed by atoms with Crippen LogP contribution in [0, 0.1) is 5.92 Å². The number of aromatic amines is 1. The van der Waals surface area contributed by atoms with Crippen molar-refractivity contribution in [3.63, 3.8) is 0 Å². The van der Waals surface area contributed by atoms with Gasteiger partial charge in [0.1, 0.15) is 5.82 Å². The van der Waals surface area contributed by atoms with Gasteiger partial charge in [-0.15, -0.1) is 0 Å². The van der Waals surface area contributed by atoms with E-state index in [-0.39, 0.29) is 6.10 Å². The second kappa shape index (κ2) is 6.55. The first kappa shape index (κ1) is 13.8. The van der Waals surface area contributed by atoms with E-state index in [0.29, 0.717) is 11.1 Å². The minimum absolute atomic E-state index is 0.0758. The van der Waals surface area contributed by atoms with Crippen LogP contribution in [0.15, 0.2) is 0 Å². The van der Waals surface area contributed by atoms with Crippen molar-refractivity contribution in [2.45, 2.75) is 51.7 Å². The molecule has 0 aliphatic heterocycles. The summed E-state index contributed by atoms with van der Waals surface area (Å²) in [6.45, 7) is 3.83. The number of hydrogen-bond acceptors (Lipinski definition) is 3. The van der Waals surface area contributed by atoms with Crippen molar-refractivity contribution in [1.29, 1.82) is 0 Å². The molecule has 1 aromatic heterocycles. The van der Waals surface area contributed by atoms with Crippen molar-refractivity contribution in [2.75, 3.05) is 6.54 Å². The summed E-state index contributed by atoms with van der Waals surface area (Å²) in [5.41, 5.74) is 0.975. The van der Waals surface area contributed by atoms with E-state index in [1.54, 1.807) is 0 Å². The minimum atomic E-state index is -0.0758. The number of nitrogens with one attached hydrogen (secondary N) is 2. The van der Waals surface area contributed by atoms with E-state index in [0.717, 1.165) is 56.7 Å². The fourth-order valence-corrected chi connectivity index (χ4v) is 2.50. The van der Waals surface area contributed by atoms with Gasteiger partial charge in [-0.3, -0.25) is 0 Å². The van der Waals surface area contributed by atoms with Gasteiger partial charge in [0, 0.05) is 13.0 Å². The molecule has 18 heavy (non-hydrogen) atoms. The molecule has 0 saturated heterocycles. The lowest BCUT2D eigenvalue weighted by atomic mass is 9.82. The Morgan fingerprint density at radius 1 is 1.50 bits per heavy atom. The molecule has 0 spiro atoms. The predicted molar refractivity (Wildman–Crippen MR) is 72.6 cm³/mol. The van der Waals surface area contributed by atoms with Crippen LogP contribution in [-0.2, 0) is 13.0 Å². The Hall–Kier alpha value is -0.580. The van der Waals surface area contributed by atoms with Gasteiger partial charge < -0.3 is 15.4 Å². The van der Waals surface area contributed by atoms with Crippen LogP contribution in [0.3, 0.4) is 0 Å². The topological polar surface area (TPSA) is 60.9 Å². The van der Waals surface area contributed by atoms with Gasteiger partial charge in [0.05, 0.1) is 11.8 Å². The van der Waals surface area contributed by atoms with Crippen LogP contribution in [0.5, 0.6) is 0 Å². The average Bonchev–Trinajstić information content (AvgIpc) is 2.65. The van der Waals surface area contributed by atoms with Crippen LogP contribution >= 0.6 is 11.6 Å². The van der Waals surface area contributed by atoms with E-state index in [1.807, 2.05) is 0 Å². The van der Waals surface area contributed by atoms with Crippen molar-refractivity contribution in [1.82, 2.24) is 15.3 Å². The van der Waals surface area contributed by atoms with E-state index < -0.39 is 0 Å². The van der Waals surface area contributed by atoms with Gasteiger partial charge in [0.25, 0.3) is 0 Å². The quantitative estimate of drug-likeness (QED) is 0.713. The highest BCUT2D eigenvalue weighted by molar-refractivity contribution is 6.30. The van der Waals surface area contributed by atoms with Crippen molar-refractivity contribution >= 4 is 11.6 Å². The van der Waals surface area contributed by atoms with E-state index in [1.165, 1.54) is 0 Å². The second-order valence-electron chi connectivity index (χ2n) is 5.18. The van der Waals surface area contributed by atoms with Gasteiger partial charge in [0.15, 0.2) is 5.15 Å². The number of aromatic nitrogens is 2. The number of hydrogen-bond donors (Lipinski definition) is 3. The molecule has 3 N–H and O–H groups in total. The molecule has 1 fully saturated rings. The zero-order chi connectivity index (χ0) is 13.0. The molecule has 0 aromatic carbocycles. The molecule has 2 rings (SSSR count). The Morgan fingerprint density at radius 2 is 2.28 bits per heavy atom. The summed E-state index contributed by atoms with van der Waals surface area (Å²) in [4.78, 5) is 7.60. The SMILES string of the molecule is CCCCc1nc(Cl)c(CNCC2CC(O)C2)[nH]1. The molecule has 0 bridgehead atoms. The number of aryl methyl sites for hydroxylation is 1. The van der Waals surface area contributed by atoms with E-state index in [4.69, 9.17) is 11.6 Å². The second-order valence-corrected chi connectivity index (χ2v) is 5.54. The first-order valence-electron chi connectivity index (χ1n) is 6.81. The number of unbranched alkanes of at least 4 members (excludes halogenated alkanes) is 1. The molecule has 1 aliphatic rings. The lowest BCUT2D eigenvalue weighted by molar-refractivity contribution is 0.0429. The van der Waals surface area contributed by atoms with Gasteiger partial charge in [0.2, 0.25) is 0 Å². The zero-order valence-corrected chi connectivity index (χ0v) is 11.6. The largest absolute Gasteiger partial charge is 0.393 e. The third kappa shape index (κ3) is 3.70. The number of nitrogens with zero attached hydrogens (tertiary/aromatic N) is 1. The van der Waals surface area contributed by atoms with E-state index >= 15 is 0 Å². The van der Waals surface area contributed by atoms with Crippen LogP contribution < -0.4 is 5.32 Å². The molecule has 1 aromatic rings. The first-order chi connectivity index (χ1) is 8.69. The maximum atomic E-state index is 9.20. The average molecular weight is 272 g/mol. The fraction of sp³-hybridized carbons (Fsp3) is 0.769. The summed E-state index contributed by atoms with van der Waals surface area (Å²) in [5.74, 6) is 1.60. The zero-order valence-electron chi connectivity index (χ0n) is 10.9. The van der Waals surface area contributed by atoms with Crippen molar-refractivity contribution in [3.8, 4) is 0 Å². The molecular weight excluding hydrogens is 250 g/mol. The van der Waals surface area contributed by atoms with Crippen LogP contribution in [0.25, 0.3) is 0 Å². The standard InChI is InChI=1S/C13H22ClN3O/c1-2-3-4-12-16-11(13(14)17-12)8-15-7-9-5-10(18)6-9/h9-10,15,18H,2-8H2,1H3,(H,16,17). The summed E-state index contributed by atoms with van der Waals surface area (Å²) < 4.78 is 0. The number of H-pyrrole nitrogens is 1. The van der Waals surface area contributed by atoms with Gasteiger partial charge in [-0.05, 0) is 31.7 Å². The van der Waals surface area contributed by atoms with Gasteiger partial charge in [-0.25, -0.2) is 4.98 Å². The molecule has 0 unspecified atom stereocenters. The summed E-state index contributed by atoms with van der Waals surface area (Å²) in [5, 5.41) is 13.2. The molecule has 5 heteroatoms. The summed E-state index contributed by atoms with van der Waals surface area (Å²) >= 11 is 6.09. The monoisotopic (exact) mass is 271 g/mol. The highest BCUT2D eigenvalue weighted by Gasteiger charge is 2.26. The smallest absolute Gasteiger partial charge is 0.151 e. The lowest BCUT2D eigenvalue weighted by Gasteiger charge is -2.31. The van der Waals surface area contributed by atoms with Crippen molar-refractivity contribution in [2.24, 2.45) is 5.92 Å². The number of aliphatic hydroxyl groups is 1. The van der Waals surface area contributed by atoms with Crippen molar-refractivity contribution < 1.29 is 5.11 Å². The number of imidazole rings is 1. The molecule has 1 aliphatic carbocycles. The number of aliphatic hydroxyl groups excluding tert-OH is 1. The molecule has 4 nitrogen and oxygen atoms in total. The van der Waals surface area contributed by atoms with Crippen molar-refractivity contribution in [3.05, 3.63) is 16.7 Å². The van der Waals surface area contributed by atoms with Gasteiger partial charge in [-0.1, -0.05) is 24.9 Å². The van der Waals surface area contributed by atoms with Crippen LogP contribution in [0.1, 0.15) is 44.1 Å². The molecule has 1 heterocycles. The molecule has 0 amide bonds. The van der Waals surface area contributed by atoms with Crippen LogP contribution in [0.4, 0.5) is 0 Å². The summed E-state index contributed by atoms with van der Waals surface area (Å²) in [6.07, 6.45) is 5.03. The third-order valence-corrected chi connectivity index (χ3v) is 3.80. The molecular formula is C13H22ClN3O. The Balaban J connectivity index is 1.73.